The minimum Gasteiger partial charge on any atom is -0.449 e. The molecule has 1 aliphatic rings. The Morgan fingerprint density at radius 2 is 1.49 bits per heavy atom. The summed E-state index contributed by atoms with van der Waals surface area (Å²) in [5.41, 5.74) is 6.29. The number of hydrogen-bond donors (Lipinski definition) is 4. The molecule has 0 bridgehead atoms. The maximum absolute atomic E-state index is 12.4. The number of fused-ring (bicyclic) bond motifs is 3. The highest BCUT2D eigenvalue weighted by Crippen LogP contribution is 2.44. The monoisotopic (exact) mass is 474 g/mol. The van der Waals surface area contributed by atoms with Crippen LogP contribution in [-0.2, 0) is 11.3 Å². The van der Waals surface area contributed by atoms with Crippen molar-refractivity contribution in [1.29, 1.82) is 0 Å². The molecule has 0 aromatic heterocycles. The lowest BCUT2D eigenvalue weighted by Crippen LogP contribution is -2.36. The molecule has 3 aromatic rings. The van der Waals surface area contributed by atoms with Gasteiger partial charge in [-0.05, 0) is 54.2 Å². The molecule has 0 saturated carbocycles. The Balaban J connectivity index is 1.27. The fourth-order valence-corrected chi connectivity index (χ4v) is 4.37. The Morgan fingerprint density at radius 1 is 0.914 bits per heavy atom. The third-order valence-electron chi connectivity index (χ3n) is 6.31. The van der Waals surface area contributed by atoms with E-state index in [1.165, 1.54) is 0 Å². The molecule has 1 amide bonds. The summed E-state index contributed by atoms with van der Waals surface area (Å²) < 4.78 is 5.50. The van der Waals surface area contributed by atoms with Gasteiger partial charge in [0.05, 0.1) is 0 Å². The van der Waals surface area contributed by atoms with E-state index in [9.17, 15) is 15.0 Å². The number of nitrogens with one attached hydrogen (secondary N) is 2. The number of ether oxygens (including phenoxy) is 1. The summed E-state index contributed by atoms with van der Waals surface area (Å²) in [5, 5.41) is 26.9. The Kier molecular flexibility index (Phi) is 7.55. The van der Waals surface area contributed by atoms with Crippen molar-refractivity contribution in [3.05, 3.63) is 95.1 Å². The number of aliphatic hydroxyl groups is 2. The van der Waals surface area contributed by atoms with E-state index in [4.69, 9.17) is 4.74 Å². The van der Waals surface area contributed by atoms with E-state index in [1.54, 1.807) is 12.1 Å². The lowest BCUT2D eigenvalue weighted by molar-refractivity contribution is 0.0185. The van der Waals surface area contributed by atoms with Gasteiger partial charge in [-0.25, -0.2) is 4.79 Å². The first-order chi connectivity index (χ1) is 16.7. The van der Waals surface area contributed by atoms with Crippen LogP contribution in [0.5, 0.6) is 0 Å². The van der Waals surface area contributed by atoms with E-state index in [0.717, 1.165) is 27.8 Å². The molecule has 6 heteroatoms. The van der Waals surface area contributed by atoms with Gasteiger partial charge in [0.25, 0.3) is 0 Å². The smallest absolute Gasteiger partial charge is 0.407 e. The largest absolute Gasteiger partial charge is 0.449 e. The number of benzene rings is 3. The molecule has 1 aliphatic carbocycles. The molecule has 0 fully saturated rings. The van der Waals surface area contributed by atoms with Crippen molar-refractivity contribution < 1.29 is 19.7 Å². The molecule has 4 N–H and O–H groups in total. The van der Waals surface area contributed by atoms with Crippen LogP contribution in [0.15, 0.2) is 72.8 Å². The first-order valence-corrected chi connectivity index (χ1v) is 12.0. The van der Waals surface area contributed by atoms with Crippen molar-refractivity contribution in [3.63, 3.8) is 0 Å². The average molecular weight is 475 g/mol. The summed E-state index contributed by atoms with van der Waals surface area (Å²) in [6, 6.07) is 23.7. The van der Waals surface area contributed by atoms with E-state index in [0.29, 0.717) is 12.1 Å². The molecule has 2 atom stereocenters. The van der Waals surface area contributed by atoms with Gasteiger partial charge < -0.3 is 25.6 Å². The minimum absolute atomic E-state index is 0.0131. The summed E-state index contributed by atoms with van der Waals surface area (Å²) in [6.07, 6.45) is -2.90. The van der Waals surface area contributed by atoms with Gasteiger partial charge in [0, 0.05) is 24.5 Å². The molecule has 0 radical (unpaired) electrons. The molecule has 3 aromatic carbocycles. The van der Waals surface area contributed by atoms with Crippen LogP contribution in [-0.4, -0.2) is 41.1 Å². The van der Waals surface area contributed by atoms with Crippen molar-refractivity contribution in [1.82, 2.24) is 10.6 Å². The summed E-state index contributed by atoms with van der Waals surface area (Å²) in [7, 11) is 0. The number of alkyl carbamates (subject to hydrolysis) is 1. The normalized spacial score (nSPS) is 14.7. The number of carbonyl (C=O) groups is 1. The summed E-state index contributed by atoms with van der Waals surface area (Å²) in [4.78, 5) is 12.4. The summed E-state index contributed by atoms with van der Waals surface area (Å²) >= 11 is 0. The van der Waals surface area contributed by atoms with Crippen molar-refractivity contribution in [2.75, 3.05) is 13.2 Å². The van der Waals surface area contributed by atoms with Crippen molar-refractivity contribution in [2.45, 2.75) is 51.0 Å². The third kappa shape index (κ3) is 6.09. The van der Waals surface area contributed by atoms with E-state index < -0.39 is 18.3 Å². The number of hydrogen-bond acceptors (Lipinski definition) is 5. The van der Waals surface area contributed by atoms with Crippen molar-refractivity contribution in [2.24, 2.45) is 0 Å². The fraction of sp³-hybridized carbons (Fsp3) is 0.345. The van der Waals surface area contributed by atoms with Gasteiger partial charge in [0.2, 0.25) is 0 Å². The standard InChI is InChI=1S/C29H34N2O4/c1-29(2,3)31-16-19-12-14-20(15-13-19)27(33)26(32)17-30-28(34)35-18-25-23-10-6-4-8-21(23)22-9-5-7-11-24(22)25/h4-15,25-27,31-33H,16-18H2,1-3H3,(H,30,34). The quantitative estimate of drug-likeness (QED) is 0.386. The molecule has 6 nitrogen and oxygen atoms in total. The second kappa shape index (κ2) is 10.6. The second-order valence-electron chi connectivity index (χ2n) is 10.1. The zero-order chi connectivity index (χ0) is 25.0. The number of rotatable bonds is 8. The SMILES string of the molecule is CC(C)(C)NCc1ccc(C(O)C(O)CNC(=O)OCC2c3ccccc3-c3ccccc32)cc1. The van der Waals surface area contributed by atoms with Gasteiger partial charge in [-0.3, -0.25) is 0 Å². The molecule has 0 aliphatic heterocycles. The molecular weight excluding hydrogens is 440 g/mol. The maximum Gasteiger partial charge on any atom is 0.407 e. The van der Waals surface area contributed by atoms with Crippen LogP contribution in [0.4, 0.5) is 4.79 Å². The lowest BCUT2D eigenvalue weighted by Gasteiger charge is -2.21. The highest BCUT2D eigenvalue weighted by Gasteiger charge is 2.29. The summed E-state index contributed by atoms with van der Waals surface area (Å²) in [6.45, 7) is 7.10. The topological polar surface area (TPSA) is 90.8 Å². The van der Waals surface area contributed by atoms with E-state index in [2.05, 4.69) is 55.7 Å². The Bertz CT molecular complexity index is 1110. The first kappa shape index (κ1) is 24.9. The molecule has 4 rings (SSSR count). The van der Waals surface area contributed by atoms with Gasteiger partial charge in [0.15, 0.2) is 0 Å². The zero-order valence-corrected chi connectivity index (χ0v) is 20.5. The minimum atomic E-state index is -1.16. The zero-order valence-electron chi connectivity index (χ0n) is 20.5. The maximum atomic E-state index is 12.4. The Hall–Kier alpha value is -3.19. The van der Waals surface area contributed by atoms with Crippen LogP contribution in [0, 0.1) is 0 Å². The van der Waals surface area contributed by atoms with Crippen LogP contribution in [0.3, 0.4) is 0 Å². The van der Waals surface area contributed by atoms with E-state index in [1.807, 2.05) is 36.4 Å². The van der Waals surface area contributed by atoms with Gasteiger partial charge in [-0.1, -0.05) is 72.8 Å². The van der Waals surface area contributed by atoms with Gasteiger partial charge in [-0.2, -0.15) is 0 Å². The summed E-state index contributed by atoms with van der Waals surface area (Å²) in [5.74, 6) is -0.0325. The van der Waals surface area contributed by atoms with Gasteiger partial charge >= 0.3 is 6.09 Å². The second-order valence-corrected chi connectivity index (χ2v) is 10.1. The van der Waals surface area contributed by atoms with Crippen molar-refractivity contribution >= 4 is 6.09 Å². The molecule has 184 valence electrons. The Morgan fingerprint density at radius 3 is 2.06 bits per heavy atom. The van der Waals surface area contributed by atoms with Crippen LogP contribution >= 0.6 is 0 Å². The molecular formula is C29H34N2O4. The average Bonchev–Trinajstić information content (AvgIpc) is 3.18. The van der Waals surface area contributed by atoms with Crippen LogP contribution in [0.1, 0.15) is 55.0 Å². The van der Waals surface area contributed by atoms with Gasteiger partial charge in [0.1, 0.15) is 18.8 Å². The van der Waals surface area contributed by atoms with E-state index >= 15 is 0 Å². The molecule has 0 heterocycles. The predicted octanol–water partition coefficient (Wildman–Crippen LogP) is 4.51. The van der Waals surface area contributed by atoms with Crippen LogP contribution < -0.4 is 10.6 Å². The first-order valence-electron chi connectivity index (χ1n) is 12.0. The van der Waals surface area contributed by atoms with Crippen LogP contribution in [0.2, 0.25) is 0 Å². The number of aliphatic hydroxyl groups excluding tert-OH is 2. The predicted molar refractivity (Wildman–Crippen MR) is 137 cm³/mol. The molecule has 2 unspecified atom stereocenters. The van der Waals surface area contributed by atoms with Gasteiger partial charge in [-0.15, -0.1) is 0 Å². The lowest BCUT2D eigenvalue weighted by atomic mass is 9.98. The number of amides is 1. The molecule has 35 heavy (non-hydrogen) atoms. The van der Waals surface area contributed by atoms with Crippen LogP contribution in [0.25, 0.3) is 11.1 Å². The fourth-order valence-electron chi connectivity index (χ4n) is 4.37. The molecule has 0 spiro atoms. The van der Waals surface area contributed by atoms with E-state index in [-0.39, 0.29) is 24.6 Å². The Labute approximate surface area is 207 Å². The molecule has 0 saturated heterocycles. The third-order valence-corrected chi connectivity index (χ3v) is 6.31. The highest BCUT2D eigenvalue weighted by molar-refractivity contribution is 5.79. The highest BCUT2D eigenvalue weighted by atomic mass is 16.5. The number of carbonyl (C=O) groups excluding carboxylic acids is 1. The van der Waals surface area contributed by atoms with Crippen molar-refractivity contribution in [3.8, 4) is 11.1 Å².